The highest BCUT2D eigenvalue weighted by Crippen LogP contribution is 2.27. The van der Waals surface area contributed by atoms with E-state index in [4.69, 9.17) is 10.4 Å². The summed E-state index contributed by atoms with van der Waals surface area (Å²) >= 11 is 0. The van der Waals surface area contributed by atoms with Crippen LogP contribution in [0, 0.1) is 16.7 Å². The zero-order chi connectivity index (χ0) is 12.0. The Balaban J connectivity index is 2.35. The molecule has 92 valence electrons. The van der Waals surface area contributed by atoms with Crippen LogP contribution in [0.1, 0.15) is 46.0 Å². The summed E-state index contributed by atoms with van der Waals surface area (Å²) in [7, 11) is 0. The summed E-state index contributed by atoms with van der Waals surface area (Å²) in [5, 5.41) is 17.9. The summed E-state index contributed by atoms with van der Waals surface area (Å²) in [4.78, 5) is 2.46. The third-order valence-electron chi connectivity index (χ3n) is 3.52. The molecule has 0 spiro atoms. The van der Waals surface area contributed by atoms with Crippen molar-refractivity contribution in [3.8, 4) is 6.07 Å². The van der Waals surface area contributed by atoms with Gasteiger partial charge in [0.2, 0.25) is 0 Å². The van der Waals surface area contributed by atoms with E-state index in [1.807, 2.05) is 13.8 Å². The Morgan fingerprint density at radius 2 is 2.06 bits per heavy atom. The molecule has 1 fully saturated rings. The van der Waals surface area contributed by atoms with Gasteiger partial charge >= 0.3 is 0 Å². The van der Waals surface area contributed by atoms with E-state index in [9.17, 15) is 0 Å². The molecule has 1 rings (SSSR count). The second kappa shape index (κ2) is 6.22. The highest BCUT2D eigenvalue weighted by atomic mass is 16.3. The van der Waals surface area contributed by atoms with Crippen LogP contribution in [0.15, 0.2) is 0 Å². The number of rotatable bonds is 7. The number of hydrogen-bond donors (Lipinski definition) is 1. The van der Waals surface area contributed by atoms with E-state index < -0.39 is 0 Å². The summed E-state index contributed by atoms with van der Waals surface area (Å²) < 4.78 is 0. The van der Waals surface area contributed by atoms with Gasteiger partial charge in [-0.05, 0) is 46.1 Å². The minimum atomic E-state index is -0.221. The van der Waals surface area contributed by atoms with E-state index >= 15 is 0 Å². The Bertz CT molecular complexity index is 241. The maximum Gasteiger partial charge on any atom is 0.0684 e. The molecule has 0 radical (unpaired) electrons. The average Bonchev–Trinajstić information content (AvgIpc) is 2.19. The first kappa shape index (κ1) is 13.5. The molecule has 0 bridgehead atoms. The van der Waals surface area contributed by atoms with Crippen LogP contribution in [0.4, 0.5) is 0 Å². The maximum atomic E-state index is 8.98. The highest BCUT2D eigenvalue weighted by molar-refractivity contribution is 4.93. The number of aliphatic hydroxyl groups is 1. The molecule has 0 heterocycles. The topological polar surface area (TPSA) is 47.3 Å². The molecule has 0 saturated heterocycles. The van der Waals surface area contributed by atoms with Crippen LogP contribution >= 0.6 is 0 Å². The van der Waals surface area contributed by atoms with Crippen molar-refractivity contribution >= 4 is 0 Å². The zero-order valence-electron chi connectivity index (χ0n) is 10.6. The van der Waals surface area contributed by atoms with Crippen molar-refractivity contribution in [3.63, 3.8) is 0 Å². The SMILES string of the molecule is CC(C)(C#N)CCN(CCCO)C1CCC1. The second-order valence-electron chi connectivity index (χ2n) is 5.44. The standard InChI is InChI=1S/C13H24N2O/c1-13(2,11-14)7-9-15(8-4-10-16)12-5-3-6-12/h12,16H,3-10H2,1-2H3. The smallest absolute Gasteiger partial charge is 0.0684 e. The maximum absolute atomic E-state index is 8.98. The molecule has 0 aromatic heterocycles. The third kappa shape index (κ3) is 4.11. The number of nitrogens with zero attached hydrogens (tertiary/aromatic N) is 2. The largest absolute Gasteiger partial charge is 0.396 e. The molecule has 3 nitrogen and oxygen atoms in total. The van der Waals surface area contributed by atoms with Gasteiger partial charge in [-0.1, -0.05) is 6.42 Å². The van der Waals surface area contributed by atoms with Crippen LogP contribution in [0.5, 0.6) is 0 Å². The Hall–Kier alpha value is -0.590. The molecular weight excluding hydrogens is 200 g/mol. The van der Waals surface area contributed by atoms with Crippen LogP contribution in [-0.2, 0) is 0 Å². The molecule has 1 N–H and O–H groups in total. The van der Waals surface area contributed by atoms with Crippen molar-refractivity contribution in [2.75, 3.05) is 19.7 Å². The van der Waals surface area contributed by atoms with Crippen LogP contribution in [0.25, 0.3) is 0 Å². The highest BCUT2D eigenvalue weighted by Gasteiger charge is 2.26. The minimum Gasteiger partial charge on any atom is -0.396 e. The molecule has 1 aliphatic rings. The third-order valence-corrected chi connectivity index (χ3v) is 3.52. The van der Waals surface area contributed by atoms with E-state index in [1.54, 1.807) is 0 Å². The lowest BCUT2D eigenvalue weighted by Crippen LogP contribution is -2.42. The van der Waals surface area contributed by atoms with Gasteiger partial charge in [0.05, 0.1) is 11.5 Å². The van der Waals surface area contributed by atoms with Gasteiger partial charge in [0.25, 0.3) is 0 Å². The molecule has 1 aliphatic carbocycles. The first-order valence-corrected chi connectivity index (χ1v) is 6.35. The number of nitriles is 1. The summed E-state index contributed by atoms with van der Waals surface area (Å²) in [6, 6.07) is 3.06. The molecule has 0 atom stereocenters. The molecular formula is C13H24N2O. The van der Waals surface area contributed by atoms with Crippen LogP contribution in [0.2, 0.25) is 0 Å². The van der Waals surface area contributed by atoms with Crippen molar-refractivity contribution in [1.82, 2.24) is 4.90 Å². The van der Waals surface area contributed by atoms with E-state index in [0.717, 1.165) is 25.9 Å². The van der Waals surface area contributed by atoms with E-state index in [-0.39, 0.29) is 12.0 Å². The molecule has 0 aromatic carbocycles. The summed E-state index contributed by atoms with van der Waals surface area (Å²) in [6.07, 6.45) is 5.69. The Labute approximate surface area is 99.1 Å². The van der Waals surface area contributed by atoms with Crippen molar-refractivity contribution < 1.29 is 5.11 Å². The Kier molecular flexibility index (Phi) is 5.24. The van der Waals surface area contributed by atoms with Gasteiger partial charge in [-0.2, -0.15) is 5.26 Å². The zero-order valence-corrected chi connectivity index (χ0v) is 10.6. The molecule has 0 amide bonds. The Morgan fingerprint density at radius 1 is 1.38 bits per heavy atom. The molecule has 0 aliphatic heterocycles. The molecule has 16 heavy (non-hydrogen) atoms. The van der Waals surface area contributed by atoms with Crippen molar-refractivity contribution in [2.24, 2.45) is 5.41 Å². The minimum absolute atomic E-state index is 0.221. The summed E-state index contributed by atoms with van der Waals surface area (Å²) in [5.41, 5.74) is -0.221. The first-order chi connectivity index (χ1) is 7.59. The molecule has 0 unspecified atom stereocenters. The molecule has 0 aromatic rings. The van der Waals surface area contributed by atoms with Crippen molar-refractivity contribution in [3.05, 3.63) is 0 Å². The van der Waals surface area contributed by atoms with E-state index in [1.165, 1.54) is 19.3 Å². The summed E-state index contributed by atoms with van der Waals surface area (Å²) in [6.45, 7) is 6.23. The lowest BCUT2D eigenvalue weighted by molar-refractivity contribution is 0.107. The van der Waals surface area contributed by atoms with Crippen molar-refractivity contribution in [2.45, 2.75) is 52.0 Å². The normalized spacial score (nSPS) is 17.2. The van der Waals surface area contributed by atoms with E-state index in [2.05, 4.69) is 11.0 Å². The van der Waals surface area contributed by atoms with Gasteiger partial charge in [0.1, 0.15) is 0 Å². The molecule has 3 heteroatoms. The predicted molar refractivity (Wildman–Crippen MR) is 64.9 cm³/mol. The first-order valence-electron chi connectivity index (χ1n) is 6.35. The predicted octanol–water partition coefficient (Wildman–Crippen LogP) is 2.16. The van der Waals surface area contributed by atoms with Gasteiger partial charge in [0.15, 0.2) is 0 Å². The van der Waals surface area contributed by atoms with Crippen LogP contribution < -0.4 is 0 Å². The number of aliphatic hydroxyl groups excluding tert-OH is 1. The quantitative estimate of drug-likeness (QED) is 0.721. The van der Waals surface area contributed by atoms with Gasteiger partial charge in [-0.3, -0.25) is 0 Å². The number of hydrogen-bond acceptors (Lipinski definition) is 3. The average molecular weight is 224 g/mol. The van der Waals surface area contributed by atoms with Crippen LogP contribution in [0.3, 0.4) is 0 Å². The molecule has 1 saturated carbocycles. The lowest BCUT2D eigenvalue weighted by Gasteiger charge is -2.38. The Morgan fingerprint density at radius 3 is 2.50 bits per heavy atom. The lowest BCUT2D eigenvalue weighted by atomic mass is 9.88. The fraction of sp³-hybridized carbons (Fsp3) is 0.923. The van der Waals surface area contributed by atoms with Gasteiger partial charge in [0, 0.05) is 19.2 Å². The summed E-state index contributed by atoms with van der Waals surface area (Å²) in [5.74, 6) is 0. The van der Waals surface area contributed by atoms with Gasteiger partial charge < -0.3 is 10.0 Å². The second-order valence-corrected chi connectivity index (χ2v) is 5.44. The fourth-order valence-corrected chi connectivity index (χ4v) is 1.98. The van der Waals surface area contributed by atoms with E-state index in [0.29, 0.717) is 6.04 Å². The van der Waals surface area contributed by atoms with Gasteiger partial charge in [-0.25, -0.2) is 0 Å². The van der Waals surface area contributed by atoms with Crippen LogP contribution in [-0.4, -0.2) is 35.7 Å². The fourth-order valence-electron chi connectivity index (χ4n) is 1.98. The van der Waals surface area contributed by atoms with Crippen molar-refractivity contribution in [1.29, 1.82) is 5.26 Å². The van der Waals surface area contributed by atoms with Gasteiger partial charge in [-0.15, -0.1) is 0 Å². The monoisotopic (exact) mass is 224 g/mol.